The van der Waals surface area contributed by atoms with Gasteiger partial charge in [-0.1, -0.05) is 54.6 Å². The van der Waals surface area contributed by atoms with Crippen LogP contribution in [0.25, 0.3) is 11.1 Å². The summed E-state index contributed by atoms with van der Waals surface area (Å²) >= 11 is 0. The standard InChI is InChI=1S/C27H30N2O5/c1-3-9-24(25(30)29-15-8-14-18(17(29)2)26(31)32)28-27(33)34-16-23-21-12-6-4-10-19(21)20-11-5-7-13-22(20)23/h3-7,10-13,17-18,23-24H,1,8-9,14-16H2,2H3,(H,28,33)(H,31,32). The molecule has 7 heteroatoms. The molecule has 2 N–H and O–H groups in total. The highest BCUT2D eigenvalue weighted by Crippen LogP contribution is 2.44. The van der Waals surface area contributed by atoms with E-state index < -0.39 is 30.1 Å². The summed E-state index contributed by atoms with van der Waals surface area (Å²) in [5, 5.41) is 12.1. The molecule has 0 aromatic heterocycles. The first-order valence-electron chi connectivity index (χ1n) is 11.7. The number of carboxylic acids is 1. The van der Waals surface area contributed by atoms with Crippen molar-refractivity contribution in [3.8, 4) is 11.1 Å². The molecule has 0 saturated carbocycles. The van der Waals surface area contributed by atoms with Crippen LogP contribution in [0.5, 0.6) is 0 Å². The van der Waals surface area contributed by atoms with Gasteiger partial charge in [-0.25, -0.2) is 4.79 Å². The van der Waals surface area contributed by atoms with Crippen molar-refractivity contribution >= 4 is 18.0 Å². The molecule has 7 nitrogen and oxygen atoms in total. The monoisotopic (exact) mass is 462 g/mol. The van der Waals surface area contributed by atoms with E-state index in [1.165, 1.54) is 0 Å². The lowest BCUT2D eigenvalue weighted by atomic mass is 9.89. The molecule has 3 unspecified atom stereocenters. The molecule has 3 atom stereocenters. The highest BCUT2D eigenvalue weighted by molar-refractivity contribution is 5.87. The zero-order valence-electron chi connectivity index (χ0n) is 19.3. The van der Waals surface area contributed by atoms with E-state index in [2.05, 4.69) is 24.0 Å². The number of aliphatic carboxylic acids is 1. The van der Waals surface area contributed by atoms with Gasteiger partial charge in [0.25, 0.3) is 0 Å². The number of carbonyl (C=O) groups is 3. The maximum Gasteiger partial charge on any atom is 0.407 e. The summed E-state index contributed by atoms with van der Waals surface area (Å²) in [4.78, 5) is 39.0. The summed E-state index contributed by atoms with van der Waals surface area (Å²) in [7, 11) is 0. The second-order valence-electron chi connectivity index (χ2n) is 8.91. The van der Waals surface area contributed by atoms with Crippen molar-refractivity contribution in [2.45, 2.75) is 44.2 Å². The summed E-state index contributed by atoms with van der Waals surface area (Å²) in [6, 6.07) is 14.8. The lowest BCUT2D eigenvalue weighted by Gasteiger charge is -2.39. The Balaban J connectivity index is 1.42. The Bertz CT molecular complexity index is 1050. The number of hydrogen-bond acceptors (Lipinski definition) is 4. The first-order chi connectivity index (χ1) is 16.4. The van der Waals surface area contributed by atoms with E-state index in [0.717, 1.165) is 22.3 Å². The molecule has 2 aliphatic rings. The Morgan fingerprint density at radius 2 is 1.76 bits per heavy atom. The smallest absolute Gasteiger partial charge is 0.407 e. The maximum absolute atomic E-state index is 13.2. The average Bonchev–Trinajstić information content (AvgIpc) is 3.16. The molecule has 34 heavy (non-hydrogen) atoms. The molecule has 1 fully saturated rings. The third-order valence-electron chi connectivity index (χ3n) is 6.92. The molecule has 2 aromatic carbocycles. The topological polar surface area (TPSA) is 95.9 Å². The van der Waals surface area contributed by atoms with Gasteiger partial charge in [0, 0.05) is 18.5 Å². The Morgan fingerprint density at radius 3 is 2.35 bits per heavy atom. The van der Waals surface area contributed by atoms with Gasteiger partial charge < -0.3 is 20.1 Å². The van der Waals surface area contributed by atoms with Crippen molar-refractivity contribution in [1.29, 1.82) is 0 Å². The average molecular weight is 463 g/mol. The minimum atomic E-state index is -0.908. The number of rotatable bonds is 7. The van der Waals surface area contributed by atoms with Crippen LogP contribution in [0.1, 0.15) is 43.2 Å². The number of carbonyl (C=O) groups excluding carboxylic acids is 2. The number of likely N-dealkylation sites (tertiary alicyclic amines) is 1. The molecule has 1 heterocycles. The van der Waals surface area contributed by atoms with Crippen molar-refractivity contribution in [2.75, 3.05) is 13.2 Å². The molecule has 0 radical (unpaired) electrons. The summed E-state index contributed by atoms with van der Waals surface area (Å²) < 4.78 is 5.59. The van der Waals surface area contributed by atoms with Gasteiger partial charge in [-0.3, -0.25) is 9.59 Å². The van der Waals surface area contributed by atoms with E-state index in [9.17, 15) is 19.5 Å². The molecule has 2 aromatic rings. The first kappa shape index (κ1) is 23.5. The summed E-state index contributed by atoms with van der Waals surface area (Å²) in [6.45, 7) is 6.05. The Kier molecular flexibility index (Phi) is 7.01. The van der Waals surface area contributed by atoms with Crippen molar-refractivity contribution in [2.24, 2.45) is 5.92 Å². The van der Waals surface area contributed by atoms with Gasteiger partial charge >= 0.3 is 12.1 Å². The van der Waals surface area contributed by atoms with Crippen molar-refractivity contribution in [1.82, 2.24) is 10.2 Å². The van der Waals surface area contributed by atoms with Gasteiger partial charge in [0.15, 0.2) is 0 Å². The predicted molar refractivity (Wildman–Crippen MR) is 128 cm³/mol. The Labute approximate surface area is 199 Å². The number of alkyl carbamates (subject to hydrolysis) is 1. The maximum atomic E-state index is 13.2. The fourth-order valence-corrected chi connectivity index (χ4v) is 5.15. The largest absolute Gasteiger partial charge is 0.481 e. The zero-order valence-corrected chi connectivity index (χ0v) is 19.3. The summed E-state index contributed by atoms with van der Waals surface area (Å²) in [6.07, 6.45) is 2.26. The molecule has 2 amide bonds. The summed E-state index contributed by atoms with van der Waals surface area (Å²) in [5.41, 5.74) is 4.49. The Hall–Kier alpha value is -3.61. The number of ether oxygens (including phenoxy) is 1. The van der Waals surface area contributed by atoms with E-state index in [1.807, 2.05) is 36.4 Å². The number of nitrogens with zero attached hydrogens (tertiary/aromatic N) is 1. The number of fused-ring (bicyclic) bond motifs is 3. The quantitative estimate of drug-likeness (QED) is 0.602. The number of amides is 2. The molecular weight excluding hydrogens is 432 g/mol. The molecular formula is C27H30N2O5. The van der Waals surface area contributed by atoms with E-state index in [1.54, 1.807) is 17.9 Å². The lowest BCUT2D eigenvalue weighted by Crippen LogP contribution is -2.55. The van der Waals surface area contributed by atoms with Crippen LogP contribution in [0.3, 0.4) is 0 Å². The minimum absolute atomic E-state index is 0.0786. The molecule has 1 aliphatic heterocycles. The molecule has 0 bridgehead atoms. The molecule has 1 saturated heterocycles. The SMILES string of the molecule is C=CCC(NC(=O)OCC1c2ccccc2-c2ccccc21)C(=O)N1CCCC(C(=O)O)C1C. The van der Waals surface area contributed by atoms with Crippen LogP contribution < -0.4 is 5.32 Å². The summed E-state index contributed by atoms with van der Waals surface area (Å²) in [5.74, 6) is -1.91. The van der Waals surface area contributed by atoms with E-state index in [0.29, 0.717) is 19.4 Å². The number of piperidine rings is 1. The number of benzene rings is 2. The fraction of sp³-hybridized carbons (Fsp3) is 0.370. The van der Waals surface area contributed by atoms with Crippen LogP contribution in [0.15, 0.2) is 61.2 Å². The van der Waals surface area contributed by atoms with Crippen LogP contribution in [-0.4, -0.2) is 53.2 Å². The normalized spacial score (nSPS) is 20.1. The Morgan fingerprint density at radius 1 is 1.15 bits per heavy atom. The van der Waals surface area contributed by atoms with Gasteiger partial charge in [-0.2, -0.15) is 0 Å². The van der Waals surface area contributed by atoms with Crippen LogP contribution in [0.4, 0.5) is 4.79 Å². The van der Waals surface area contributed by atoms with Crippen molar-refractivity contribution < 1.29 is 24.2 Å². The fourth-order valence-electron chi connectivity index (χ4n) is 5.15. The highest BCUT2D eigenvalue weighted by Gasteiger charge is 2.38. The minimum Gasteiger partial charge on any atom is -0.481 e. The van der Waals surface area contributed by atoms with Crippen molar-refractivity contribution in [3.63, 3.8) is 0 Å². The zero-order chi connectivity index (χ0) is 24.2. The van der Waals surface area contributed by atoms with Gasteiger partial charge in [-0.15, -0.1) is 6.58 Å². The van der Waals surface area contributed by atoms with Gasteiger partial charge in [0.1, 0.15) is 12.6 Å². The van der Waals surface area contributed by atoms with Crippen molar-refractivity contribution in [3.05, 3.63) is 72.3 Å². The third kappa shape index (κ3) is 4.55. The lowest BCUT2D eigenvalue weighted by molar-refractivity contribution is -0.149. The number of carboxylic acid groups (broad SMARTS) is 1. The van der Waals surface area contributed by atoms with Crippen LogP contribution in [0.2, 0.25) is 0 Å². The number of hydrogen-bond donors (Lipinski definition) is 2. The molecule has 1 aliphatic carbocycles. The van der Waals surface area contributed by atoms with Crippen LogP contribution in [0, 0.1) is 5.92 Å². The van der Waals surface area contributed by atoms with Gasteiger partial charge in [0.05, 0.1) is 5.92 Å². The predicted octanol–water partition coefficient (Wildman–Crippen LogP) is 4.18. The van der Waals surface area contributed by atoms with E-state index in [-0.39, 0.29) is 24.9 Å². The first-order valence-corrected chi connectivity index (χ1v) is 11.7. The molecule has 0 spiro atoms. The number of nitrogens with one attached hydrogen (secondary N) is 1. The van der Waals surface area contributed by atoms with E-state index in [4.69, 9.17) is 4.74 Å². The highest BCUT2D eigenvalue weighted by atomic mass is 16.5. The van der Waals surface area contributed by atoms with Crippen LogP contribution in [-0.2, 0) is 14.3 Å². The van der Waals surface area contributed by atoms with E-state index >= 15 is 0 Å². The molecule has 4 rings (SSSR count). The third-order valence-corrected chi connectivity index (χ3v) is 6.92. The second-order valence-corrected chi connectivity index (χ2v) is 8.91. The molecule has 178 valence electrons. The second kappa shape index (κ2) is 10.1. The van der Waals surface area contributed by atoms with Crippen LogP contribution >= 0.6 is 0 Å². The van der Waals surface area contributed by atoms with Gasteiger partial charge in [-0.05, 0) is 48.4 Å². The van der Waals surface area contributed by atoms with Gasteiger partial charge in [0.2, 0.25) is 5.91 Å².